The normalized spacial score (nSPS) is 13.2. The number of hydrogen-bond donors (Lipinski definition) is 1. The molecule has 1 aliphatic rings. The molecule has 3 nitrogen and oxygen atoms in total. The van der Waals surface area contributed by atoms with Gasteiger partial charge in [0.05, 0.1) is 13.2 Å². The Balaban J connectivity index is 1.61. The molecule has 0 atom stereocenters. The number of unbranched alkanes of at least 4 members (excludes halogenated alkanes) is 3. The fourth-order valence-corrected chi connectivity index (χ4v) is 3.30. The van der Waals surface area contributed by atoms with Crippen LogP contribution in [0.2, 0.25) is 0 Å². The molecule has 0 aromatic heterocycles. The van der Waals surface area contributed by atoms with Crippen LogP contribution in [0.1, 0.15) is 36.8 Å². The highest BCUT2D eigenvalue weighted by Crippen LogP contribution is 2.33. The highest BCUT2D eigenvalue weighted by atomic mass is 79.9. The lowest BCUT2D eigenvalue weighted by Crippen LogP contribution is -2.20. The highest BCUT2D eigenvalue weighted by molar-refractivity contribution is 9.10. The first-order valence-electron chi connectivity index (χ1n) is 7.95. The monoisotopic (exact) mass is 355 g/mol. The summed E-state index contributed by atoms with van der Waals surface area (Å²) in [4.78, 5) is 0. The molecule has 1 aromatic rings. The van der Waals surface area contributed by atoms with Gasteiger partial charge < -0.3 is 14.8 Å². The van der Waals surface area contributed by atoms with Gasteiger partial charge in [0, 0.05) is 24.5 Å². The van der Waals surface area contributed by atoms with Crippen molar-refractivity contribution in [3.8, 4) is 5.75 Å². The van der Waals surface area contributed by atoms with E-state index in [0.717, 1.165) is 44.9 Å². The number of fused-ring (bicyclic) bond motifs is 1. The van der Waals surface area contributed by atoms with Crippen molar-refractivity contribution < 1.29 is 9.47 Å². The van der Waals surface area contributed by atoms with E-state index in [2.05, 4.69) is 33.4 Å². The lowest BCUT2D eigenvalue weighted by atomic mass is 10.0. The van der Waals surface area contributed by atoms with Gasteiger partial charge in [0.15, 0.2) is 0 Å². The van der Waals surface area contributed by atoms with Crippen LogP contribution in [0.4, 0.5) is 0 Å². The van der Waals surface area contributed by atoms with Crippen LogP contribution in [0, 0.1) is 0 Å². The third-order valence-electron chi connectivity index (χ3n) is 3.86. The summed E-state index contributed by atoms with van der Waals surface area (Å²) in [5.41, 5.74) is 2.73. The minimum atomic E-state index is 0.800. The minimum absolute atomic E-state index is 0.800. The Kier molecular flexibility index (Phi) is 7.54. The maximum absolute atomic E-state index is 5.78. The molecule has 0 radical (unpaired) electrons. The molecule has 0 amide bonds. The topological polar surface area (TPSA) is 30.5 Å². The number of hydrogen-bond acceptors (Lipinski definition) is 3. The summed E-state index contributed by atoms with van der Waals surface area (Å²) in [6.45, 7) is 3.69. The molecular formula is C17H26BrNO2. The van der Waals surface area contributed by atoms with Gasteiger partial charge in [-0.1, -0.05) is 28.8 Å². The van der Waals surface area contributed by atoms with Gasteiger partial charge in [-0.25, -0.2) is 0 Å². The zero-order valence-electron chi connectivity index (χ0n) is 12.9. The van der Waals surface area contributed by atoms with Crippen LogP contribution in [0.5, 0.6) is 5.75 Å². The molecule has 1 N–H and O–H groups in total. The van der Waals surface area contributed by atoms with Gasteiger partial charge in [0.1, 0.15) is 5.75 Å². The Morgan fingerprint density at radius 2 is 2.05 bits per heavy atom. The molecule has 0 fully saturated rings. The highest BCUT2D eigenvalue weighted by Gasteiger charge is 2.16. The minimum Gasteiger partial charge on any atom is -0.493 e. The Morgan fingerprint density at radius 1 is 1.19 bits per heavy atom. The molecular weight excluding hydrogens is 330 g/mol. The average Bonchev–Trinajstić information content (AvgIpc) is 2.93. The maximum Gasteiger partial charge on any atom is 0.125 e. The Hall–Kier alpha value is -0.580. The Labute approximate surface area is 136 Å². The second-order valence-corrected chi connectivity index (χ2v) is 6.47. The first kappa shape index (κ1) is 16.8. The SMILES string of the molecule is COCCNCCCCCCc1cc(Br)cc2c1OCC2. The van der Waals surface area contributed by atoms with Crippen molar-refractivity contribution in [2.75, 3.05) is 33.4 Å². The van der Waals surface area contributed by atoms with Crippen LogP contribution in [-0.4, -0.2) is 33.4 Å². The summed E-state index contributed by atoms with van der Waals surface area (Å²) in [5.74, 6) is 1.15. The summed E-state index contributed by atoms with van der Waals surface area (Å²) in [5, 5.41) is 3.39. The number of ether oxygens (including phenoxy) is 2. The Morgan fingerprint density at radius 3 is 2.90 bits per heavy atom. The standard InChI is InChI=1S/C17H26BrNO2/c1-20-11-9-19-8-5-3-2-4-6-14-12-16(18)13-15-7-10-21-17(14)15/h12-13,19H,2-11H2,1H3. The smallest absolute Gasteiger partial charge is 0.125 e. The van der Waals surface area contributed by atoms with E-state index >= 15 is 0 Å². The van der Waals surface area contributed by atoms with E-state index in [4.69, 9.17) is 9.47 Å². The van der Waals surface area contributed by atoms with Crippen LogP contribution >= 0.6 is 15.9 Å². The van der Waals surface area contributed by atoms with E-state index in [-0.39, 0.29) is 0 Å². The van der Waals surface area contributed by atoms with E-state index < -0.39 is 0 Å². The number of rotatable bonds is 10. The predicted octanol–water partition coefficient (Wildman–Crippen LogP) is 3.72. The molecule has 2 rings (SSSR count). The van der Waals surface area contributed by atoms with Crippen LogP contribution < -0.4 is 10.1 Å². The van der Waals surface area contributed by atoms with Crippen molar-refractivity contribution in [2.45, 2.75) is 38.5 Å². The number of halogens is 1. The van der Waals surface area contributed by atoms with Crippen LogP contribution in [0.3, 0.4) is 0 Å². The van der Waals surface area contributed by atoms with Gasteiger partial charge in [-0.3, -0.25) is 0 Å². The number of methoxy groups -OCH3 is 1. The van der Waals surface area contributed by atoms with Crippen molar-refractivity contribution in [3.63, 3.8) is 0 Å². The predicted molar refractivity (Wildman–Crippen MR) is 90.3 cm³/mol. The number of nitrogens with one attached hydrogen (secondary N) is 1. The molecule has 0 saturated heterocycles. The molecule has 1 aliphatic heterocycles. The van der Waals surface area contributed by atoms with Crippen LogP contribution in [0.25, 0.3) is 0 Å². The molecule has 21 heavy (non-hydrogen) atoms. The van der Waals surface area contributed by atoms with Gasteiger partial charge >= 0.3 is 0 Å². The van der Waals surface area contributed by atoms with Crippen molar-refractivity contribution >= 4 is 15.9 Å². The van der Waals surface area contributed by atoms with E-state index in [1.807, 2.05) is 0 Å². The van der Waals surface area contributed by atoms with Gasteiger partial charge in [0.2, 0.25) is 0 Å². The van der Waals surface area contributed by atoms with Crippen molar-refractivity contribution in [1.29, 1.82) is 0 Å². The second kappa shape index (κ2) is 9.44. The summed E-state index contributed by atoms with van der Waals surface area (Å²) in [6.07, 6.45) is 7.24. The fourth-order valence-electron chi connectivity index (χ4n) is 2.75. The largest absolute Gasteiger partial charge is 0.493 e. The van der Waals surface area contributed by atoms with Gasteiger partial charge in [-0.05, 0) is 49.1 Å². The molecule has 4 heteroatoms. The molecule has 1 heterocycles. The summed E-state index contributed by atoms with van der Waals surface area (Å²) in [6, 6.07) is 4.41. The maximum atomic E-state index is 5.78. The quantitative estimate of drug-likeness (QED) is 0.648. The zero-order chi connectivity index (χ0) is 14.9. The number of benzene rings is 1. The molecule has 0 bridgehead atoms. The third kappa shape index (κ3) is 5.61. The van der Waals surface area contributed by atoms with E-state index in [9.17, 15) is 0 Å². The molecule has 0 saturated carbocycles. The van der Waals surface area contributed by atoms with Crippen molar-refractivity contribution in [2.24, 2.45) is 0 Å². The lowest BCUT2D eigenvalue weighted by Gasteiger charge is -2.09. The molecule has 118 valence electrons. The fraction of sp³-hybridized carbons (Fsp3) is 0.647. The van der Waals surface area contributed by atoms with E-state index in [0.29, 0.717) is 0 Å². The zero-order valence-corrected chi connectivity index (χ0v) is 14.5. The van der Waals surface area contributed by atoms with E-state index in [1.165, 1.54) is 41.3 Å². The van der Waals surface area contributed by atoms with Crippen LogP contribution in [0.15, 0.2) is 16.6 Å². The van der Waals surface area contributed by atoms with Crippen molar-refractivity contribution in [1.82, 2.24) is 5.32 Å². The number of aryl methyl sites for hydroxylation is 1. The van der Waals surface area contributed by atoms with Gasteiger partial charge in [-0.2, -0.15) is 0 Å². The molecule has 0 aliphatic carbocycles. The molecule has 1 aromatic carbocycles. The van der Waals surface area contributed by atoms with Gasteiger partial charge in [0.25, 0.3) is 0 Å². The van der Waals surface area contributed by atoms with E-state index in [1.54, 1.807) is 7.11 Å². The van der Waals surface area contributed by atoms with Gasteiger partial charge in [-0.15, -0.1) is 0 Å². The molecule has 0 unspecified atom stereocenters. The first-order chi connectivity index (χ1) is 10.3. The lowest BCUT2D eigenvalue weighted by molar-refractivity contribution is 0.199. The molecule has 0 spiro atoms. The average molecular weight is 356 g/mol. The second-order valence-electron chi connectivity index (χ2n) is 5.56. The summed E-state index contributed by atoms with van der Waals surface area (Å²) < 4.78 is 12.0. The summed E-state index contributed by atoms with van der Waals surface area (Å²) in [7, 11) is 1.74. The van der Waals surface area contributed by atoms with Crippen LogP contribution in [-0.2, 0) is 17.6 Å². The Bertz CT molecular complexity index is 437. The van der Waals surface area contributed by atoms with Crippen molar-refractivity contribution in [3.05, 3.63) is 27.7 Å². The first-order valence-corrected chi connectivity index (χ1v) is 8.74. The summed E-state index contributed by atoms with van der Waals surface area (Å²) >= 11 is 3.61. The third-order valence-corrected chi connectivity index (χ3v) is 4.32.